The predicted molar refractivity (Wildman–Crippen MR) is 77.9 cm³/mol. The van der Waals surface area contributed by atoms with Gasteiger partial charge in [0.25, 0.3) is 0 Å². The third kappa shape index (κ3) is 2.58. The molecule has 1 N–H and O–H groups in total. The van der Waals surface area contributed by atoms with Crippen LogP contribution in [-0.4, -0.2) is 6.09 Å². The highest BCUT2D eigenvalue weighted by Gasteiger charge is 2.07. The fourth-order valence-electron chi connectivity index (χ4n) is 1.83. The zero-order valence-corrected chi connectivity index (χ0v) is 10.8. The molecule has 19 heavy (non-hydrogen) atoms. The van der Waals surface area contributed by atoms with Crippen molar-refractivity contribution in [3.8, 4) is 5.75 Å². The van der Waals surface area contributed by atoms with Crippen molar-refractivity contribution in [1.29, 1.82) is 0 Å². The van der Waals surface area contributed by atoms with Gasteiger partial charge >= 0.3 is 6.09 Å². The van der Waals surface area contributed by atoms with Crippen molar-refractivity contribution in [2.75, 3.05) is 5.32 Å². The van der Waals surface area contributed by atoms with Crippen molar-refractivity contribution >= 4 is 33.9 Å². The van der Waals surface area contributed by atoms with Crippen LogP contribution in [0.25, 0.3) is 10.8 Å². The number of carbonyl (C=O) groups excluding carboxylic acids is 1. The molecule has 4 heteroatoms. The number of benzene rings is 2. The van der Waals surface area contributed by atoms with E-state index in [4.69, 9.17) is 4.74 Å². The van der Waals surface area contributed by atoms with E-state index in [0.717, 1.165) is 16.5 Å². The standard InChI is InChI=1S/C15H11NO2S/c17-15(18-12-6-2-1-3-7-12)16-14-8-4-5-11-9-19-10-13(11)14/h1-10H,(H,16,17). The molecule has 0 aliphatic rings. The van der Waals surface area contributed by atoms with Crippen LogP contribution >= 0.6 is 11.3 Å². The van der Waals surface area contributed by atoms with Gasteiger partial charge in [0.05, 0.1) is 5.69 Å². The number of carbonyl (C=O) groups is 1. The van der Waals surface area contributed by atoms with E-state index in [2.05, 4.69) is 5.32 Å². The number of hydrogen-bond donors (Lipinski definition) is 1. The summed E-state index contributed by atoms with van der Waals surface area (Å²) in [5.74, 6) is 0.525. The molecule has 1 amide bonds. The molecule has 2 aromatic carbocycles. The average molecular weight is 269 g/mol. The highest BCUT2D eigenvalue weighted by Crippen LogP contribution is 2.26. The van der Waals surface area contributed by atoms with Gasteiger partial charge in [-0.15, -0.1) is 0 Å². The minimum absolute atomic E-state index is 0.482. The summed E-state index contributed by atoms with van der Waals surface area (Å²) in [6.07, 6.45) is -0.482. The van der Waals surface area contributed by atoms with E-state index < -0.39 is 6.09 Å². The number of thiophene rings is 1. The molecule has 3 nitrogen and oxygen atoms in total. The molecule has 0 bridgehead atoms. The second-order valence-electron chi connectivity index (χ2n) is 4.01. The van der Waals surface area contributed by atoms with E-state index in [9.17, 15) is 4.79 Å². The maximum Gasteiger partial charge on any atom is 0.417 e. The highest BCUT2D eigenvalue weighted by molar-refractivity contribution is 7.09. The first kappa shape index (κ1) is 11.7. The third-order valence-electron chi connectivity index (χ3n) is 2.71. The van der Waals surface area contributed by atoms with E-state index >= 15 is 0 Å². The smallest absolute Gasteiger partial charge is 0.410 e. The average Bonchev–Trinajstić information content (AvgIpc) is 2.89. The molecule has 0 radical (unpaired) electrons. The maximum absolute atomic E-state index is 11.8. The van der Waals surface area contributed by atoms with Crippen molar-refractivity contribution < 1.29 is 9.53 Å². The molecule has 1 heterocycles. The molecule has 0 atom stereocenters. The maximum atomic E-state index is 11.8. The summed E-state index contributed by atoms with van der Waals surface area (Å²) in [7, 11) is 0. The Labute approximate surface area is 114 Å². The lowest BCUT2D eigenvalue weighted by molar-refractivity contribution is 0.215. The summed E-state index contributed by atoms with van der Waals surface area (Å²) in [6, 6.07) is 14.8. The van der Waals surface area contributed by atoms with Crippen LogP contribution in [0.4, 0.5) is 10.5 Å². The SMILES string of the molecule is O=C(Nc1cccc2cscc12)Oc1ccccc1. The highest BCUT2D eigenvalue weighted by atomic mass is 32.1. The summed E-state index contributed by atoms with van der Waals surface area (Å²) < 4.78 is 5.20. The van der Waals surface area contributed by atoms with Crippen LogP contribution in [0.3, 0.4) is 0 Å². The minimum Gasteiger partial charge on any atom is -0.410 e. The van der Waals surface area contributed by atoms with Gasteiger partial charge in [0.1, 0.15) is 5.75 Å². The van der Waals surface area contributed by atoms with E-state index in [1.807, 2.05) is 47.2 Å². The number of fused-ring (bicyclic) bond motifs is 1. The van der Waals surface area contributed by atoms with Crippen LogP contribution in [0.15, 0.2) is 59.3 Å². The van der Waals surface area contributed by atoms with Crippen LogP contribution in [0.5, 0.6) is 5.75 Å². The monoisotopic (exact) mass is 269 g/mol. The number of ether oxygens (including phenoxy) is 1. The Kier molecular flexibility index (Phi) is 3.16. The first-order valence-electron chi connectivity index (χ1n) is 5.82. The molecule has 0 aliphatic carbocycles. The number of nitrogens with one attached hydrogen (secondary N) is 1. The molecular weight excluding hydrogens is 258 g/mol. The molecule has 0 saturated carbocycles. The summed E-state index contributed by atoms with van der Waals surface area (Å²) in [5.41, 5.74) is 0.764. The molecule has 0 fully saturated rings. The zero-order chi connectivity index (χ0) is 13.1. The van der Waals surface area contributed by atoms with E-state index in [-0.39, 0.29) is 0 Å². The lowest BCUT2D eigenvalue weighted by Crippen LogP contribution is -2.16. The lowest BCUT2D eigenvalue weighted by Gasteiger charge is -2.07. The number of rotatable bonds is 2. The van der Waals surface area contributed by atoms with Crippen molar-refractivity contribution in [3.63, 3.8) is 0 Å². The molecule has 0 unspecified atom stereocenters. The van der Waals surface area contributed by atoms with Crippen LogP contribution in [0.2, 0.25) is 0 Å². The first-order chi connectivity index (χ1) is 9.33. The minimum atomic E-state index is -0.482. The quantitative estimate of drug-likeness (QED) is 0.743. The molecular formula is C15H11NO2S. The number of amides is 1. The van der Waals surface area contributed by atoms with Crippen molar-refractivity contribution in [1.82, 2.24) is 0 Å². The third-order valence-corrected chi connectivity index (χ3v) is 3.47. The molecule has 3 aromatic rings. The van der Waals surface area contributed by atoms with Crippen molar-refractivity contribution in [2.45, 2.75) is 0 Å². The Balaban J connectivity index is 1.78. The van der Waals surface area contributed by atoms with E-state index in [1.165, 1.54) is 0 Å². The summed E-state index contributed by atoms with van der Waals surface area (Å²) >= 11 is 1.61. The van der Waals surface area contributed by atoms with Gasteiger partial charge in [-0.3, -0.25) is 5.32 Å². The Morgan fingerprint density at radius 3 is 2.68 bits per heavy atom. The Bertz CT molecular complexity index is 706. The number of para-hydroxylation sites is 1. The second kappa shape index (κ2) is 5.12. The molecule has 3 rings (SSSR count). The fraction of sp³-hybridized carbons (Fsp3) is 0. The second-order valence-corrected chi connectivity index (χ2v) is 4.75. The summed E-state index contributed by atoms with van der Waals surface area (Å²) in [4.78, 5) is 11.8. The van der Waals surface area contributed by atoms with Crippen molar-refractivity contribution in [3.05, 3.63) is 59.3 Å². The van der Waals surface area contributed by atoms with Gasteiger partial charge in [-0.05, 0) is 29.0 Å². The van der Waals surface area contributed by atoms with Gasteiger partial charge in [0, 0.05) is 10.8 Å². The molecule has 0 aliphatic heterocycles. The number of anilines is 1. The predicted octanol–water partition coefficient (Wildman–Crippen LogP) is 4.51. The number of hydrogen-bond acceptors (Lipinski definition) is 3. The molecule has 94 valence electrons. The van der Waals surface area contributed by atoms with E-state index in [1.54, 1.807) is 23.5 Å². The van der Waals surface area contributed by atoms with Crippen molar-refractivity contribution in [2.24, 2.45) is 0 Å². The molecule has 0 saturated heterocycles. The summed E-state index contributed by atoms with van der Waals surface area (Å²) in [6.45, 7) is 0. The first-order valence-corrected chi connectivity index (χ1v) is 6.76. The van der Waals surface area contributed by atoms with Gasteiger partial charge in [0.2, 0.25) is 0 Å². The van der Waals surface area contributed by atoms with Crippen LogP contribution < -0.4 is 10.1 Å². The Hall–Kier alpha value is -2.33. The topological polar surface area (TPSA) is 38.3 Å². The fourth-order valence-corrected chi connectivity index (χ4v) is 2.65. The van der Waals surface area contributed by atoms with Gasteiger partial charge in [-0.2, -0.15) is 11.3 Å². The molecule has 1 aromatic heterocycles. The van der Waals surface area contributed by atoms with Crippen LogP contribution in [-0.2, 0) is 0 Å². The Morgan fingerprint density at radius 2 is 1.84 bits per heavy atom. The van der Waals surface area contributed by atoms with Gasteiger partial charge in [0.15, 0.2) is 0 Å². The summed E-state index contributed by atoms with van der Waals surface area (Å²) in [5, 5.41) is 8.96. The lowest BCUT2D eigenvalue weighted by atomic mass is 10.2. The van der Waals surface area contributed by atoms with Crippen LogP contribution in [0, 0.1) is 0 Å². The van der Waals surface area contributed by atoms with Gasteiger partial charge in [-0.1, -0.05) is 30.3 Å². The zero-order valence-electron chi connectivity index (χ0n) is 10.00. The van der Waals surface area contributed by atoms with Gasteiger partial charge in [-0.25, -0.2) is 4.79 Å². The normalized spacial score (nSPS) is 10.3. The van der Waals surface area contributed by atoms with E-state index in [0.29, 0.717) is 5.75 Å². The van der Waals surface area contributed by atoms with Gasteiger partial charge < -0.3 is 4.74 Å². The Morgan fingerprint density at radius 1 is 1.00 bits per heavy atom. The van der Waals surface area contributed by atoms with Crippen LogP contribution in [0.1, 0.15) is 0 Å². The molecule has 0 spiro atoms. The largest absolute Gasteiger partial charge is 0.417 e.